The number of methoxy groups -OCH3 is 1. The maximum absolute atomic E-state index is 12.6. The molecule has 0 saturated heterocycles. The molecule has 2 rings (SSSR count). The first kappa shape index (κ1) is 24.3. The van der Waals surface area contributed by atoms with E-state index in [1.807, 2.05) is 6.92 Å². The van der Waals surface area contributed by atoms with E-state index >= 15 is 0 Å². The van der Waals surface area contributed by atoms with Gasteiger partial charge in [0, 0.05) is 24.5 Å². The summed E-state index contributed by atoms with van der Waals surface area (Å²) in [6.07, 6.45) is -3.91. The van der Waals surface area contributed by atoms with E-state index in [1.54, 1.807) is 12.1 Å². The van der Waals surface area contributed by atoms with Crippen LogP contribution in [0.25, 0.3) is 0 Å². The molecule has 6 nitrogen and oxygen atoms in total. The predicted octanol–water partition coefficient (Wildman–Crippen LogP) is 3.79. The van der Waals surface area contributed by atoms with Crippen molar-refractivity contribution in [1.82, 2.24) is 15.6 Å². The molecular formula is C17H22F3IN4O2S. The van der Waals surface area contributed by atoms with E-state index in [0.717, 1.165) is 22.3 Å². The van der Waals surface area contributed by atoms with Crippen LogP contribution in [-0.2, 0) is 19.1 Å². The molecule has 1 aromatic heterocycles. The highest BCUT2D eigenvalue weighted by atomic mass is 127. The first-order valence-electron chi connectivity index (χ1n) is 8.23. The molecule has 2 aromatic rings. The summed E-state index contributed by atoms with van der Waals surface area (Å²) in [5.74, 6) is 1.18. The first-order valence-corrected chi connectivity index (χ1v) is 9.11. The fourth-order valence-electron chi connectivity index (χ4n) is 2.20. The molecule has 156 valence electrons. The Bertz CT molecular complexity index is 784. The summed E-state index contributed by atoms with van der Waals surface area (Å²) in [5.41, 5.74) is -0.153. The van der Waals surface area contributed by atoms with Gasteiger partial charge in [0.25, 0.3) is 0 Å². The van der Waals surface area contributed by atoms with E-state index in [-0.39, 0.29) is 41.3 Å². The van der Waals surface area contributed by atoms with Crippen LogP contribution in [0.4, 0.5) is 13.2 Å². The Labute approximate surface area is 182 Å². The van der Waals surface area contributed by atoms with Gasteiger partial charge >= 0.3 is 6.18 Å². The van der Waals surface area contributed by atoms with Gasteiger partial charge in [-0.05, 0) is 25.0 Å². The highest BCUT2D eigenvalue weighted by molar-refractivity contribution is 14.0. The number of phenols is 1. The van der Waals surface area contributed by atoms with Crippen LogP contribution in [0.1, 0.15) is 23.2 Å². The summed E-state index contributed by atoms with van der Waals surface area (Å²) in [4.78, 5) is 7.81. The van der Waals surface area contributed by atoms with Crippen LogP contribution in [0.5, 0.6) is 11.5 Å². The Morgan fingerprint density at radius 1 is 1.32 bits per heavy atom. The van der Waals surface area contributed by atoms with Crippen molar-refractivity contribution < 1.29 is 23.0 Å². The average molecular weight is 530 g/mol. The minimum absolute atomic E-state index is 0. The maximum atomic E-state index is 12.6. The summed E-state index contributed by atoms with van der Waals surface area (Å²) in [6.45, 7) is 3.02. The summed E-state index contributed by atoms with van der Waals surface area (Å²) < 4.78 is 42.8. The number of rotatable bonds is 7. The molecular weight excluding hydrogens is 508 g/mol. The third-order valence-electron chi connectivity index (χ3n) is 3.54. The number of nitrogens with zero attached hydrogens (tertiary/aromatic N) is 2. The van der Waals surface area contributed by atoms with Crippen molar-refractivity contribution in [1.29, 1.82) is 0 Å². The lowest BCUT2D eigenvalue weighted by Gasteiger charge is -2.12. The van der Waals surface area contributed by atoms with Gasteiger partial charge in [-0.3, -0.25) is 0 Å². The van der Waals surface area contributed by atoms with E-state index in [2.05, 4.69) is 20.6 Å². The number of aromatic hydroxyl groups is 1. The van der Waals surface area contributed by atoms with Crippen LogP contribution < -0.4 is 15.4 Å². The van der Waals surface area contributed by atoms with Gasteiger partial charge in [0.05, 0.1) is 13.7 Å². The molecule has 1 aromatic carbocycles. The van der Waals surface area contributed by atoms with E-state index in [1.165, 1.54) is 13.2 Å². The van der Waals surface area contributed by atoms with Gasteiger partial charge in [0.2, 0.25) is 0 Å². The Kier molecular flexibility index (Phi) is 9.79. The molecule has 0 saturated carbocycles. The van der Waals surface area contributed by atoms with Gasteiger partial charge in [0.15, 0.2) is 11.7 Å². The minimum Gasteiger partial charge on any atom is -0.508 e. The molecule has 0 aliphatic rings. The van der Waals surface area contributed by atoms with Gasteiger partial charge in [-0.15, -0.1) is 35.3 Å². The Balaban J connectivity index is 0.00000392. The van der Waals surface area contributed by atoms with Crippen molar-refractivity contribution in [3.8, 4) is 11.5 Å². The van der Waals surface area contributed by atoms with Gasteiger partial charge in [0.1, 0.15) is 16.5 Å². The lowest BCUT2D eigenvalue weighted by atomic mass is 10.1. The molecule has 11 heteroatoms. The minimum atomic E-state index is -4.44. The van der Waals surface area contributed by atoms with E-state index in [0.29, 0.717) is 31.2 Å². The van der Waals surface area contributed by atoms with Crippen LogP contribution in [0, 0.1) is 0 Å². The third kappa shape index (κ3) is 7.34. The fraction of sp³-hybridized carbons (Fsp3) is 0.412. The molecule has 0 bridgehead atoms. The zero-order chi connectivity index (χ0) is 19.9. The molecule has 0 radical (unpaired) electrons. The summed E-state index contributed by atoms with van der Waals surface area (Å²) in [6, 6.07) is 5.07. The number of hydrogen-bond acceptors (Lipinski definition) is 5. The highest BCUT2D eigenvalue weighted by Crippen LogP contribution is 2.30. The predicted molar refractivity (Wildman–Crippen MR) is 114 cm³/mol. The lowest BCUT2D eigenvalue weighted by molar-refractivity contribution is -0.140. The van der Waals surface area contributed by atoms with Gasteiger partial charge < -0.3 is 20.5 Å². The number of thiazole rings is 1. The van der Waals surface area contributed by atoms with Crippen molar-refractivity contribution in [2.24, 2.45) is 4.99 Å². The molecule has 0 unspecified atom stereocenters. The van der Waals surface area contributed by atoms with Crippen molar-refractivity contribution in [2.75, 3.05) is 20.2 Å². The number of aromatic nitrogens is 1. The highest BCUT2D eigenvalue weighted by Gasteiger charge is 2.33. The third-order valence-corrected chi connectivity index (χ3v) is 4.37. The zero-order valence-electron chi connectivity index (χ0n) is 15.3. The topological polar surface area (TPSA) is 78.8 Å². The molecule has 0 aliphatic heterocycles. The summed E-state index contributed by atoms with van der Waals surface area (Å²) in [7, 11) is 1.52. The number of aliphatic imine (C=N–C) groups is 1. The second-order valence-electron chi connectivity index (χ2n) is 5.49. The number of nitrogens with one attached hydrogen (secondary N) is 2. The molecule has 0 fully saturated rings. The SMILES string of the molecule is CCNC(=NCc1nc(C(F)(F)F)cs1)NCCc1ccc(OC)cc1O.I. The van der Waals surface area contributed by atoms with Crippen LogP contribution >= 0.6 is 35.3 Å². The number of alkyl halides is 3. The van der Waals surface area contributed by atoms with E-state index in [9.17, 15) is 18.3 Å². The number of halogens is 4. The van der Waals surface area contributed by atoms with Crippen LogP contribution in [-0.4, -0.2) is 36.2 Å². The van der Waals surface area contributed by atoms with Crippen molar-refractivity contribution in [3.05, 3.63) is 39.8 Å². The molecule has 0 atom stereocenters. The lowest BCUT2D eigenvalue weighted by Crippen LogP contribution is -2.38. The standard InChI is InChI=1S/C17H21F3N4O2S.HI/c1-3-21-16(23-9-15-24-14(10-27-15)17(18,19)20)22-7-6-11-4-5-12(26-2)8-13(11)25;/h4-5,8,10,25H,3,6-7,9H2,1-2H3,(H2,21,22,23);1H. The number of benzene rings is 1. The Morgan fingerprint density at radius 3 is 2.64 bits per heavy atom. The zero-order valence-corrected chi connectivity index (χ0v) is 18.5. The summed E-state index contributed by atoms with van der Waals surface area (Å²) in [5, 5.41) is 17.3. The average Bonchev–Trinajstić information content (AvgIpc) is 3.10. The first-order chi connectivity index (χ1) is 12.8. The summed E-state index contributed by atoms with van der Waals surface area (Å²) >= 11 is 0.924. The number of phenolic OH excluding ortho intramolecular Hbond substituents is 1. The van der Waals surface area contributed by atoms with Crippen LogP contribution in [0.3, 0.4) is 0 Å². The molecule has 0 spiro atoms. The van der Waals surface area contributed by atoms with E-state index in [4.69, 9.17) is 4.74 Å². The molecule has 1 heterocycles. The quantitative estimate of drug-likeness (QED) is 0.289. The van der Waals surface area contributed by atoms with Crippen molar-refractivity contribution >= 4 is 41.3 Å². The molecule has 0 amide bonds. The number of guanidine groups is 1. The molecule has 3 N–H and O–H groups in total. The fourth-order valence-corrected chi connectivity index (χ4v) is 2.92. The maximum Gasteiger partial charge on any atom is 0.434 e. The molecule has 0 aliphatic carbocycles. The van der Waals surface area contributed by atoms with Gasteiger partial charge in [-0.1, -0.05) is 6.07 Å². The smallest absolute Gasteiger partial charge is 0.434 e. The molecule has 28 heavy (non-hydrogen) atoms. The van der Waals surface area contributed by atoms with Crippen molar-refractivity contribution in [3.63, 3.8) is 0 Å². The number of ether oxygens (including phenoxy) is 1. The van der Waals surface area contributed by atoms with Crippen molar-refractivity contribution in [2.45, 2.75) is 26.1 Å². The van der Waals surface area contributed by atoms with Gasteiger partial charge in [-0.25, -0.2) is 9.98 Å². The monoisotopic (exact) mass is 530 g/mol. The largest absolute Gasteiger partial charge is 0.508 e. The van der Waals surface area contributed by atoms with Crippen LogP contribution in [0.15, 0.2) is 28.6 Å². The normalized spacial score (nSPS) is 11.7. The second kappa shape index (κ2) is 11.3. The van der Waals surface area contributed by atoms with Gasteiger partial charge in [-0.2, -0.15) is 13.2 Å². The Hall–Kier alpha value is -1.76. The van der Waals surface area contributed by atoms with Crippen LogP contribution in [0.2, 0.25) is 0 Å². The number of hydrogen-bond donors (Lipinski definition) is 3. The second-order valence-corrected chi connectivity index (χ2v) is 6.43. The Morgan fingerprint density at radius 2 is 2.07 bits per heavy atom. The van der Waals surface area contributed by atoms with E-state index < -0.39 is 11.9 Å².